The Kier molecular flexibility index (Phi) is 9.25. The molecule has 0 bridgehead atoms. The van der Waals surface area contributed by atoms with Crippen molar-refractivity contribution in [1.82, 2.24) is 10.2 Å². The van der Waals surface area contributed by atoms with Gasteiger partial charge in [0.1, 0.15) is 18.3 Å². The summed E-state index contributed by atoms with van der Waals surface area (Å²) in [7, 11) is -2.31. The molecule has 1 N–H and O–H groups in total. The van der Waals surface area contributed by atoms with Crippen LogP contribution in [-0.2, 0) is 26.2 Å². The fourth-order valence-electron chi connectivity index (χ4n) is 3.98. The van der Waals surface area contributed by atoms with Gasteiger partial charge < -0.3 is 24.4 Å². The summed E-state index contributed by atoms with van der Waals surface area (Å²) < 4.78 is 42.6. The van der Waals surface area contributed by atoms with Crippen molar-refractivity contribution in [2.24, 2.45) is 0 Å². The summed E-state index contributed by atoms with van der Waals surface area (Å²) in [6.07, 6.45) is 2.11. The lowest BCUT2D eigenvalue weighted by atomic mass is 10.1. The Hall–Kier alpha value is -3.47. The maximum absolute atomic E-state index is 13.8. The number of sulfonamides is 1. The zero-order valence-electron chi connectivity index (χ0n) is 21.9. The first-order valence-electron chi connectivity index (χ1n) is 12.2. The first-order valence-corrected chi connectivity index (χ1v) is 14.0. The largest absolute Gasteiger partial charge is 0.497 e. The van der Waals surface area contributed by atoms with Gasteiger partial charge in [0.15, 0.2) is 11.5 Å². The summed E-state index contributed by atoms with van der Waals surface area (Å²) in [5, 5.41) is 2.95. The highest BCUT2D eigenvalue weighted by Gasteiger charge is 2.32. The van der Waals surface area contributed by atoms with E-state index >= 15 is 0 Å². The van der Waals surface area contributed by atoms with Gasteiger partial charge in [-0.2, -0.15) is 0 Å². The molecule has 0 aliphatic carbocycles. The minimum atomic E-state index is -3.85. The summed E-state index contributed by atoms with van der Waals surface area (Å²) in [5.74, 6) is 0.696. The van der Waals surface area contributed by atoms with Gasteiger partial charge in [-0.15, -0.1) is 0 Å². The molecule has 1 aliphatic heterocycles. The van der Waals surface area contributed by atoms with Crippen LogP contribution in [0.25, 0.3) is 0 Å². The molecule has 11 heteroatoms. The van der Waals surface area contributed by atoms with Crippen molar-refractivity contribution in [2.45, 2.75) is 52.2 Å². The Bertz CT molecular complexity index is 1220. The van der Waals surface area contributed by atoms with Crippen LogP contribution >= 0.6 is 0 Å². The number of ether oxygens (including phenoxy) is 3. The third-order valence-electron chi connectivity index (χ3n) is 6.20. The van der Waals surface area contributed by atoms with E-state index in [4.69, 9.17) is 14.2 Å². The third-order valence-corrected chi connectivity index (χ3v) is 7.34. The quantitative estimate of drug-likeness (QED) is 0.446. The summed E-state index contributed by atoms with van der Waals surface area (Å²) in [6.45, 7) is 5.31. The third kappa shape index (κ3) is 7.06. The minimum Gasteiger partial charge on any atom is -0.497 e. The number of nitrogens with zero attached hydrogens (tertiary/aromatic N) is 2. The lowest BCUT2D eigenvalue weighted by Crippen LogP contribution is -2.53. The second-order valence-corrected chi connectivity index (χ2v) is 10.8. The van der Waals surface area contributed by atoms with Crippen LogP contribution in [0.4, 0.5) is 5.69 Å². The molecular formula is C26H35N3O7S. The normalized spacial score (nSPS) is 14.0. The molecule has 2 aromatic rings. The van der Waals surface area contributed by atoms with Gasteiger partial charge >= 0.3 is 0 Å². The molecule has 1 aliphatic rings. The molecule has 2 atom stereocenters. The first kappa shape index (κ1) is 28.1. The summed E-state index contributed by atoms with van der Waals surface area (Å²) >= 11 is 0. The van der Waals surface area contributed by atoms with Gasteiger partial charge in [0.05, 0.1) is 19.1 Å². The summed E-state index contributed by atoms with van der Waals surface area (Å²) in [6, 6.07) is 11.0. The van der Waals surface area contributed by atoms with Crippen LogP contribution < -0.4 is 23.8 Å². The van der Waals surface area contributed by atoms with Crippen molar-refractivity contribution in [3.05, 3.63) is 48.0 Å². The Morgan fingerprint density at radius 3 is 2.46 bits per heavy atom. The Morgan fingerprint density at radius 1 is 1.08 bits per heavy atom. The lowest BCUT2D eigenvalue weighted by molar-refractivity contribution is -0.140. The molecule has 1 heterocycles. The molecule has 10 nitrogen and oxygen atoms in total. The monoisotopic (exact) mass is 533 g/mol. The van der Waals surface area contributed by atoms with E-state index in [0.717, 1.165) is 22.5 Å². The van der Waals surface area contributed by atoms with E-state index in [1.165, 1.54) is 11.0 Å². The first-order chi connectivity index (χ1) is 17.6. The molecule has 0 aromatic heterocycles. The maximum atomic E-state index is 13.8. The number of rotatable bonds is 12. The number of amides is 2. The predicted molar refractivity (Wildman–Crippen MR) is 140 cm³/mol. The fourth-order valence-corrected chi connectivity index (χ4v) is 4.82. The van der Waals surface area contributed by atoms with Crippen molar-refractivity contribution < 1.29 is 32.2 Å². The number of methoxy groups -OCH3 is 1. The van der Waals surface area contributed by atoms with Crippen molar-refractivity contribution >= 4 is 27.5 Å². The Labute approximate surface area is 218 Å². The molecule has 0 fully saturated rings. The second-order valence-electron chi connectivity index (χ2n) is 8.92. The fraction of sp³-hybridized carbons (Fsp3) is 0.462. The highest BCUT2D eigenvalue weighted by molar-refractivity contribution is 7.92. The molecule has 3 rings (SSSR count). The van der Waals surface area contributed by atoms with E-state index in [2.05, 4.69) is 5.32 Å². The summed E-state index contributed by atoms with van der Waals surface area (Å²) in [5.41, 5.74) is 1.01. The van der Waals surface area contributed by atoms with Crippen molar-refractivity contribution in [3.8, 4) is 17.2 Å². The van der Waals surface area contributed by atoms with Crippen LogP contribution in [0, 0.1) is 0 Å². The molecule has 0 saturated heterocycles. The highest BCUT2D eigenvalue weighted by Crippen LogP contribution is 2.36. The molecule has 2 amide bonds. The molecule has 2 aromatic carbocycles. The van der Waals surface area contributed by atoms with Gasteiger partial charge in [-0.05, 0) is 49.6 Å². The standard InChI is InChI=1S/C26H35N3O7S/c1-6-18(3)27-26(31)22(7-2)28(15-19-9-8-10-21(13-19)34-4)25(30)16-29(37(5,32)33)20-11-12-23-24(14-20)36-17-35-23/h8-14,18,22H,6-7,15-17H2,1-5H3,(H,27,31)/t18-,22-/m1/s1. The number of hydrogen-bond donors (Lipinski definition) is 1. The van der Waals surface area contributed by atoms with E-state index in [0.29, 0.717) is 23.7 Å². The molecule has 0 saturated carbocycles. The van der Waals surface area contributed by atoms with Crippen LogP contribution in [0.2, 0.25) is 0 Å². The summed E-state index contributed by atoms with van der Waals surface area (Å²) in [4.78, 5) is 28.4. The predicted octanol–water partition coefficient (Wildman–Crippen LogP) is 2.91. The number of carbonyl (C=O) groups is 2. The number of benzene rings is 2. The number of hydrogen-bond acceptors (Lipinski definition) is 7. The van der Waals surface area contributed by atoms with E-state index in [1.807, 2.05) is 26.8 Å². The van der Waals surface area contributed by atoms with Crippen LogP contribution in [0.3, 0.4) is 0 Å². The average molecular weight is 534 g/mol. The SMILES string of the molecule is CC[C@@H](C)NC(=O)[C@@H](CC)N(Cc1cccc(OC)c1)C(=O)CN(c1ccc2c(c1)OCO2)S(C)(=O)=O. The zero-order chi connectivity index (χ0) is 27.2. The second kappa shape index (κ2) is 12.2. The van der Waals surface area contributed by atoms with E-state index in [-0.39, 0.29) is 31.0 Å². The van der Waals surface area contributed by atoms with Gasteiger partial charge in [-0.25, -0.2) is 8.42 Å². The zero-order valence-corrected chi connectivity index (χ0v) is 22.7. The molecule has 0 radical (unpaired) electrons. The number of fused-ring (bicyclic) bond motifs is 1. The number of anilines is 1. The maximum Gasteiger partial charge on any atom is 0.244 e. The molecule has 37 heavy (non-hydrogen) atoms. The lowest BCUT2D eigenvalue weighted by Gasteiger charge is -2.33. The van der Waals surface area contributed by atoms with Crippen molar-refractivity contribution in [3.63, 3.8) is 0 Å². The van der Waals surface area contributed by atoms with Gasteiger partial charge in [-0.1, -0.05) is 26.0 Å². The van der Waals surface area contributed by atoms with Gasteiger partial charge in [0.2, 0.25) is 28.6 Å². The van der Waals surface area contributed by atoms with Crippen LogP contribution in [0.15, 0.2) is 42.5 Å². The van der Waals surface area contributed by atoms with Crippen molar-refractivity contribution in [1.29, 1.82) is 0 Å². The topological polar surface area (TPSA) is 114 Å². The van der Waals surface area contributed by atoms with E-state index < -0.39 is 28.5 Å². The smallest absolute Gasteiger partial charge is 0.244 e. The van der Waals surface area contributed by atoms with Gasteiger partial charge in [-0.3, -0.25) is 13.9 Å². The minimum absolute atomic E-state index is 0.0361. The Morgan fingerprint density at radius 2 is 1.81 bits per heavy atom. The van der Waals surface area contributed by atoms with Gasteiger partial charge in [0, 0.05) is 18.7 Å². The number of nitrogens with one attached hydrogen (secondary N) is 1. The van der Waals surface area contributed by atoms with E-state index in [1.54, 1.807) is 37.4 Å². The number of carbonyl (C=O) groups excluding carboxylic acids is 2. The van der Waals surface area contributed by atoms with Crippen LogP contribution in [-0.4, -0.2) is 63.9 Å². The van der Waals surface area contributed by atoms with Crippen molar-refractivity contribution in [2.75, 3.05) is 31.0 Å². The van der Waals surface area contributed by atoms with E-state index in [9.17, 15) is 18.0 Å². The van der Waals surface area contributed by atoms with Crippen LogP contribution in [0.1, 0.15) is 39.2 Å². The molecular weight excluding hydrogens is 498 g/mol. The molecule has 0 unspecified atom stereocenters. The molecule has 0 spiro atoms. The highest BCUT2D eigenvalue weighted by atomic mass is 32.2. The van der Waals surface area contributed by atoms with Gasteiger partial charge in [0.25, 0.3) is 0 Å². The Balaban J connectivity index is 1.96. The average Bonchev–Trinajstić information content (AvgIpc) is 3.34. The van der Waals surface area contributed by atoms with Crippen LogP contribution in [0.5, 0.6) is 17.2 Å². The molecule has 202 valence electrons.